The number of rotatable bonds is 5. The molecule has 1 aliphatic rings. The van der Waals surface area contributed by atoms with E-state index in [9.17, 15) is 14.9 Å². The fourth-order valence-corrected chi connectivity index (χ4v) is 2.67. The highest BCUT2D eigenvalue weighted by Gasteiger charge is 2.30. The van der Waals surface area contributed by atoms with Crippen LogP contribution >= 0.6 is 0 Å². The van der Waals surface area contributed by atoms with Crippen LogP contribution in [0.5, 0.6) is 0 Å². The van der Waals surface area contributed by atoms with E-state index in [2.05, 4.69) is 27.8 Å². The second-order valence-electron chi connectivity index (χ2n) is 5.46. The molecule has 8 nitrogen and oxygen atoms in total. The standard InChI is InChI=1S/C13H21N5O3/c1-3-4-10-12(18(20)21)11(17-16-10)13(19)15-9-5-6-14-8(2)7-9/h8-9,14H,3-7H2,1-2H3,(H,15,19)(H,16,17). The fraction of sp³-hybridized carbons (Fsp3) is 0.692. The topological polar surface area (TPSA) is 113 Å². The lowest BCUT2D eigenvalue weighted by atomic mass is 10.0. The van der Waals surface area contributed by atoms with Crippen molar-refractivity contribution in [2.75, 3.05) is 6.54 Å². The average molecular weight is 295 g/mol. The number of H-pyrrole nitrogens is 1. The average Bonchev–Trinajstić information content (AvgIpc) is 2.83. The quantitative estimate of drug-likeness (QED) is 0.557. The number of piperidine rings is 1. The summed E-state index contributed by atoms with van der Waals surface area (Å²) in [6.45, 7) is 4.80. The number of nitrogens with zero attached hydrogens (tertiary/aromatic N) is 2. The summed E-state index contributed by atoms with van der Waals surface area (Å²) in [6, 6.07) is 0.355. The minimum absolute atomic E-state index is 0.0275. The van der Waals surface area contributed by atoms with Gasteiger partial charge in [0.15, 0.2) is 0 Å². The minimum atomic E-state index is -0.533. The molecule has 0 radical (unpaired) electrons. The van der Waals surface area contributed by atoms with Gasteiger partial charge in [0.1, 0.15) is 5.69 Å². The van der Waals surface area contributed by atoms with E-state index in [-0.39, 0.29) is 17.4 Å². The number of nitrogens with one attached hydrogen (secondary N) is 3. The van der Waals surface area contributed by atoms with Crippen molar-refractivity contribution in [3.63, 3.8) is 0 Å². The lowest BCUT2D eigenvalue weighted by molar-refractivity contribution is -0.385. The van der Waals surface area contributed by atoms with Gasteiger partial charge in [-0.25, -0.2) is 0 Å². The van der Waals surface area contributed by atoms with Crippen LogP contribution in [-0.4, -0.2) is 39.7 Å². The van der Waals surface area contributed by atoms with Crippen molar-refractivity contribution < 1.29 is 9.72 Å². The minimum Gasteiger partial charge on any atom is -0.348 e. The lowest BCUT2D eigenvalue weighted by Gasteiger charge is -2.28. The molecule has 0 aromatic carbocycles. The van der Waals surface area contributed by atoms with Gasteiger partial charge in [0.25, 0.3) is 5.91 Å². The number of carbonyl (C=O) groups excluding carboxylic acids is 1. The maximum absolute atomic E-state index is 12.2. The van der Waals surface area contributed by atoms with E-state index in [0.717, 1.165) is 25.8 Å². The predicted molar refractivity (Wildman–Crippen MR) is 77.2 cm³/mol. The van der Waals surface area contributed by atoms with Crippen molar-refractivity contribution >= 4 is 11.6 Å². The first-order valence-electron chi connectivity index (χ1n) is 7.28. The summed E-state index contributed by atoms with van der Waals surface area (Å²) in [7, 11) is 0. The summed E-state index contributed by atoms with van der Waals surface area (Å²) in [5.74, 6) is -0.473. The lowest BCUT2D eigenvalue weighted by Crippen LogP contribution is -2.46. The monoisotopic (exact) mass is 295 g/mol. The molecule has 1 amide bonds. The van der Waals surface area contributed by atoms with Crippen molar-refractivity contribution in [2.24, 2.45) is 0 Å². The Hall–Kier alpha value is -1.96. The van der Waals surface area contributed by atoms with Gasteiger partial charge in [-0.1, -0.05) is 13.3 Å². The number of aromatic amines is 1. The van der Waals surface area contributed by atoms with Crippen LogP contribution in [0.15, 0.2) is 0 Å². The molecular formula is C13H21N5O3. The van der Waals surface area contributed by atoms with E-state index in [4.69, 9.17) is 0 Å². The summed E-state index contributed by atoms with van der Waals surface area (Å²) >= 11 is 0. The molecule has 0 saturated carbocycles. The Morgan fingerprint density at radius 1 is 1.57 bits per heavy atom. The maximum Gasteiger partial charge on any atom is 0.322 e. The zero-order valence-electron chi connectivity index (χ0n) is 12.3. The molecular weight excluding hydrogens is 274 g/mol. The predicted octanol–water partition coefficient (Wildman–Crippen LogP) is 1.14. The van der Waals surface area contributed by atoms with Crippen molar-refractivity contribution in [2.45, 2.75) is 51.6 Å². The Labute approximate surface area is 122 Å². The Morgan fingerprint density at radius 3 is 2.95 bits per heavy atom. The Balaban J connectivity index is 2.13. The first-order chi connectivity index (χ1) is 10.0. The largest absolute Gasteiger partial charge is 0.348 e. The Morgan fingerprint density at radius 2 is 2.33 bits per heavy atom. The number of hydrogen-bond acceptors (Lipinski definition) is 5. The molecule has 1 aliphatic heterocycles. The van der Waals surface area contributed by atoms with Crippen molar-refractivity contribution in [3.05, 3.63) is 21.5 Å². The van der Waals surface area contributed by atoms with Crippen LogP contribution in [0.4, 0.5) is 5.69 Å². The fourth-order valence-electron chi connectivity index (χ4n) is 2.67. The van der Waals surface area contributed by atoms with Crippen LogP contribution in [0, 0.1) is 10.1 Å². The summed E-state index contributed by atoms with van der Waals surface area (Å²) in [4.78, 5) is 22.9. The third-order valence-electron chi connectivity index (χ3n) is 3.67. The molecule has 116 valence electrons. The van der Waals surface area contributed by atoms with Crippen LogP contribution < -0.4 is 10.6 Å². The van der Waals surface area contributed by atoms with E-state index in [1.807, 2.05) is 6.92 Å². The second-order valence-corrected chi connectivity index (χ2v) is 5.46. The molecule has 2 heterocycles. The number of nitro groups is 1. The maximum atomic E-state index is 12.2. The zero-order valence-corrected chi connectivity index (χ0v) is 12.3. The van der Waals surface area contributed by atoms with E-state index in [1.165, 1.54) is 0 Å². The van der Waals surface area contributed by atoms with Crippen LogP contribution in [-0.2, 0) is 6.42 Å². The van der Waals surface area contributed by atoms with Crippen LogP contribution in [0.3, 0.4) is 0 Å². The van der Waals surface area contributed by atoms with Crippen molar-refractivity contribution in [1.29, 1.82) is 0 Å². The van der Waals surface area contributed by atoms with Crippen LogP contribution in [0.25, 0.3) is 0 Å². The molecule has 1 fully saturated rings. The molecule has 0 aliphatic carbocycles. The molecule has 0 bridgehead atoms. The van der Waals surface area contributed by atoms with E-state index < -0.39 is 10.8 Å². The highest BCUT2D eigenvalue weighted by molar-refractivity contribution is 5.96. The SMILES string of the molecule is CCCc1[nH]nc(C(=O)NC2CCNC(C)C2)c1[N+](=O)[O-]. The Kier molecular flexibility index (Phi) is 4.89. The van der Waals surface area contributed by atoms with Crippen molar-refractivity contribution in [1.82, 2.24) is 20.8 Å². The van der Waals surface area contributed by atoms with Gasteiger partial charge in [-0.05, 0) is 32.7 Å². The molecule has 2 rings (SSSR count). The van der Waals surface area contributed by atoms with E-state index in [0.29, 0.717) is 18.2 Å². The molecule has 21 heavy (non-hydrogen) atoms. The molecule has 2 unspecified atom stereocenters. The van der Waals surface area contributed by atoms with Gasteiger partial charge < -0.3 is 10.6 Å². The summed E-state index contributed by atoms with van der Waals surface area (Å²) < 4.78 is 0. The molecule has 1 saturated heterocycles. The van der Waals surface area contributed by atoms with E-state index >= 15 is 0 Å². The molecule has 3 N–H and O–H groups in total. The number of hydrogen-bond donors (Lipinski definition) is 3. The molecule has 1 aromatic heterocycles. The normalized spacial score (nSPS) is 22.0. The van der Waals surface area contributed by atoms with Crippen LogP contribution in [0.1, 0.15) is 49.3 Å². The highest BCUT2D eigenvalue weighted by Crippen LogP contribution is 2.22. The second kappa shape index (κ2) is 6.66. The summed E-state index contributed by atoms with van der Waals surface area (Å²) in [5, 5.41) is 23.8. The highest BCUT2D eigenvalue weighted by atomic mass is 16.6. The van der Waals surface area contributed by atoms with Gasteiger partial charge in [-0.15, -0.1) is 0 Å². The van der Waals surface area contributed by atoms with Gasteiger partial charge >= 0.3 is 5.69 Å². The van der Waals surface area contributed by atoms with Gasteiger partial charge in [0.05, 0.1) is 4.92 Å². The molecule has 2 atom stereocenters. The first-order valence-corrected chi connectivity index (χ1v) is 7.28. The van der Waals surface area contributed by atoms with Crippen molar-refractivity contribution in [3.8, 4) is 0 Å². The third kappa shape index (κ3) is 3.57. The number of aryl methyl sites for hydroxylation is 1. The van der Waals surface area contributed by atoms with Crippen LogP contribution in [0.2, 0.25) is 0 Å². The van der Waals surface area contributed by atoms with Gasteiger partial charge in [0, 0.05) is 12.1 Å². The molecule has 1 aromatic rings. The van der Waals surface area contributed by atoms with E-state index in [1.54, 1.807) is 0 Å². The number of amides is 1. The first kappa shape index (κ1) is 15.4. The number of carbonyl (C=O) groups is 1. The Bertz CT molecular complexity index is 528. The van der Waals surface area contributed by atoms with Gasteiger partial charge in [-0.2, -0.15) is 5.10 Å². The molecule has 8 heteroatoms. The number of aromatic nitrogens is 2. The van der Waals surface area contributed by atoms with Gasteiger partial charge in [-0.3, -0.25) is 20.0 Å². The summed E-state index contributed by atoms with van der Waals surface area (Å²) in [5.41, 5.74) is 0.0947. The smallest absolute Gasteiger partial charge is 0.322 e. The molecule has 0 spiro atoms. The zero-order chi connectivity index (χ0) is 15.4. The summed E-state index contributed by atoms with van der Waals surface area (Å²) in [6.07, 6.45) is 2.87. The third-order valence-corrected chi connectivity index (χ3v) is 3.67. The van der Waals surface area contributed by atoms with Gasteiger partial charge in [0.2, 0.25) is 5.69 Å².